The zero-order chi connectivity index (χ0) is 16.2. The molecule has 0 amide bonds. The monoisotopic (exact) mass is 371 g/mol. The first-order chi connectivity index (χ1) is 10.7. The third-order valence-corrected chi connectivity index (χ3v) is 4.09. The molecule has 1 aromatic carbocycles. The molecule has 126 valence electrons. The van der Waals surface area contributed by atoms with Gasteiger partial charge < -0.3 is 14.8 Å². The SMILES string of the molecule is CCCCCCCCNCc1cc(Br)cc(OC)c1OCC. The highest BCUT2D eigenvalue weighted by Crippen LogP contribution is 2.34. The lowest BCUT2D eigenvalue weighted by molar-refractivity contribution is 0.306. The van der Waals surface area contributed by atoms with Gasteiger partial charge in [0.1, 0.15) is 0 Å². The lowest BCUT2D eigenvalue weighted by atomic mass is 10.1. The highest BCUT2D eigenvalue weighted by Gasteiger charge is 2.12. The highest BCUT2D eigenvalue weighted by molar-refractivity contribution is 9.10. The Bertz CT molecular complexity index is 424. The van der Waals surface area contributed by atoms with E-state index >= 15 is 0 Å². The first-order valence-electron chi connectivity index (χ1n) is 8.42. The molecule has 0 aliphatic carbocycles. The molecule has 0 saturated carbocycles. The average Bonchev–Trinajstić information content (AvgIpc) is 2.52. The second kappa shape index (κ2) is 11.8. The molecule has 1 rings (SSSR count). The van der Waals surface area contributed by atoms with Crippen molar-refractivity contribution in [1.82, 2.24) is 5.32 Å². The van der Waals surface area contributed by atoms with Gasteiger partial charge in [0.15, 0.2) is 11.5 Å². The van der Waals surface area contributed by atoms with E-state index in [9.17, 15) is 0 Å². The number of unbranched alkanes of at least 4 members (excludes halogenated alkanes) is 5. The van der Waals surface area contributed by atoms with Crippen molar-refractivity contribution in [1.29, 1.82) is 0 Å². The van der Waals surface area contributed by atoms with Gasteiger partial charge in [-0.25, -0.2) is 0 Å². The lowest BCUT2D eigenvalue weighted by Gasteiger charge is -2.15. The standard InChI is InChI=1S/C18H30BrNO2/c1-4-6-7-8-9-10-11-20-14-15-12-16(19)13-17(21-3)18(15)22-5-2/h12-13,20H,4-11,14H2,1-3H3. The first kappa shape index (κ1) is 19.3. The molecule has 0 heterocycles. The van der Waals surface area contributed by atoms with E-state index in [1.807, 2.05) is 13.0 Å². The molecular weight excluding hydrogens is 342 g/mol. The summed E-state index contributed by atoms with van der Waals surface area (Å²) < 4.78 is 12.2. The summed E-state index contributed by atoms with van der Waals surface area (Å²) in [4.78, 5) is 0. The topological polar surface area (TPSA) is 30.5 Å². The average molecular weight is 372 g/mol. The zero-order valence-electron chi connectivity index (χ0n) is 14.2. The summed E-state index contributed by atoms with van der Waals surface area (Å²) in [5.41, 5.74) is 1.14. The fraction of sp³-hybridized carbons (Fsp3) is 0.667. The summed E-state index contributed by atoms with van der Waals surface area (Å²) in [5.74, 6) is 1.64. The van der Waals surface area contributed by atoms with Crippen LogP contribution >= 0.6 is 15.9 Å². The minimum Gasteiger partial charge on any atom is -0.493 e. The first-order valence-corrected chi connectivity index (χ1v) is 9.22. The van der Waals surface area contributed by atoms with Gasteiger partial charge in [-0.05, 0) is 32.0 Å². The molecule has 1 N–H and O–H groups in total. The lowest BCUT2D eigenvalue weighted by Crippen LogP contribution is -2.16. The van der Waals surface area contributed by atoms with Crippen molar-refractivity contribution in [2.75, 3.05) is 20.3 Å². The van der Waals surface area contributed by atoms with Gasteiger partial charge in [-0.15, -0.1) is 0 Å². The Morgan fingerprint density at radius 2 is 1.77 bits per heavy atom. The van der Waals surface area contributed by atoms with E-state index in [4.69, 9.17) is 9.47 Å². The minimum atomic E-state index is 0.641. The van der Waals surface area contributed by atoms with Gasteiger partial charge >= 0.3 is 0 Å². The second-order valence-corrected chi connectivity index (χ2v) is 6.39. The van der Waals surface area contributed by atoms with Gasteiger partial charge in [-0.1, -0.05) is 55.0 Å². The van der Waals surface area contributed by atoms with Crippen LogP contribution in [0.1, 0.15) is 57.9 Å². The van der Waals surface area contributed by atoms with E-state index in [0.717, 1.165) is 34.6 Å². The quantitative estimate of drug-likeness (QED) is 0.505. The second-order valence-electron chi connectivity index (χ2n) is 5.47. The van der Waals surface area contributed by atoms with Crippen molar-refractivity contribution in [3.63, 3.8) is 0 Å². The fourth-order valence-electron chi connectivity index (χ4n) is 2.47. The highest BCUT2D eigenvalue weighted by atomic mass is 79.9. The van der Waals surface area contributed by atoms with Crippen molar-refractivity contribution in [3.8, 4) is 11.5 Å². The molecule has 0 saturated heterocycles. The van der Waals surface area contributed by atoms with E-state index < -0.39 is 0 Å². The number of methoxy groups -OCH3 is 1. The van der Waals surface area contributed by atoms with Crippen LogP contribution in [-0.2, 0) is 6.54 Å². The van der Waals surface area contributed by atoms with Crippen molar-refractivity contribution in [3.05, 3.63) is 22.2 Å². The molecule has 0 fully saturated rings. The van der Waals surface area contributed by atoms with Gasteiger partial charge in [-0.2, -0.15) is 0 Å². The van der Waals surface area contributed by atoms with E-state index in [2.05, 4.69) is 34.2 Å². The fourth-order valence-corrected chi connectivity index (χ4v) is 2.95. The van der Waals surface area contributed by atoms with Crippen LogP contribution in [0.5, 0.6) is 11.5 Å². The van der Waals surface area contributed by atoms with E-state index in [1.165, 1.54) is 38.5 Å². The van der Waals surface area contributed by atoms with E-state index in [0.29, 0.717) is 6.61 Å². The van der Waals surface area contributed by atoms with Crippen LogP contribution in [0.4, 0.5) is 0 Å². The molecule has 1 aromatic rings. The molecular formula is C18H30BrNO2. The maximum atomic E-state index is 5.75. The largest absolute Gasteiger partial charge is 0.493 e. The van der Waals surface area contributed by atoms with Gasteiger partial charge in [0.05, 0.1) is 13.7 Å². The summed E-state index contributed by atoms with van der Waals surface area (Å²) in [6.07, 6.45) is 7.94. The molecule has 3 nitrogen and oxygen atoms in total. The van der Waals surface area contributed by atoms with Crippen molar-refractivity contribution < 1.29 is 9.47 Å². The number of ether oxygens (including phenoxy) is 2. The number of hydrogen-bond donors (Lipinski definition) is 1. The maximum absolute atomic E-state index is 5.75. The van der Waals surface area contributed by atoms with Gasteiger partial charge in [0, 0.05) is 16.6 Å². The van der Waals surface area contributed by atoms with Gasteiger partial charge in [0.2, 0.25) is 0 Å². The van der Waals surface area contributed by atoms with Crippen molar-refractivity contribution in [2.45, 2.75) is 58.9 Å². The molecule has 0 aromatic heterocycles. The molecule has 0 radical (unpaired) electrons. The van der Waals surface area contributed by atoms with Crippen molar-refractivity contribution >= 4 is 15.9 Å². The van der Waals surface area contributed by atoms with Gasteiger partial charge in [0.25, 0.3) is 0 Å². The molecule has 22 heavy (non-hydrogen) atoms. The summed E-state index contributed by atoms with van der Waals surface area (Å²) >= 11 is 3.53. The summed E-state index contributed by atoms with van der Waals surface area (Å²) in [7, 11) is 1.68. The van der Waals surface area contributed by atoms with Crippen LogP contribution < -0.4 is 14.8 Å². The number of rotatable bonds is 12. The van der Waals surface area contributed by atoms with Crippen LogP contribution in [0, 0.1) is 0 Å². The Kier molecular flexibility index (Phi) is 10.3. The molecule has 0 aliphatic heterocycles. The molecule has 0 bridgehead atoms. The predicted octanol–water partition coefficient (Wildman–Crippen LogP) is 5.31. The van der Waals surface area contributed by atoms with E-state index in [-0.39, 0.29) is 0 Å². The maximum Gasteiger partial charge on any atom is 0.165 e. The number of benzene rings is 1. The van der Waals surface area contributed by atoms with Gasteiger partial charge in [-0.3, -0.25) is 0 Å². The van der Waals surface area contributed by atoms with Crippen LogP contribution in [0.3, 0.4) is 0 Å². The Balaban J connectivity index is 2.42. The van der Waals surface area contributed by atoms with Crippen LogP contribution in [0.15, 0.2) is 16.6 Å². The smallest absolute Gasteiger partial charge is 0.165 e. The van der Waals surface area contributed by atoms with Crippen molar-refractivity contribution in [2.24, 2.45) is 0 Å². The molecule has 0 unspecified atom stereocenters. The zero-order valence-corrected chi connectivity index (χ0v) is 15.8. The number of nitrogens with one attached hydrogen (secondary N) is 1. The Morgan fingerprint density at radius 3 is 2.45 bits per heavy atom. The van der Waals surface area contributed by atoms with Crippen LogP contribution in [0.2, 0.25) is 0 Å². The predicted molar refractivity (Wildman–Crippen MR) is 96.9 cm³/mol. The summed E-state index contributed by atoms with van der Waals surface area (Å²) in [5, 5.41) is 3.51. The minimum absolute atomic E-state index is 0.641. The number of hydrogen-bond acceptors (Lipinski definition) is 3. The molecule has 0 atom stereocenters. The molecule has 0 spiro atoms. The summed E-state index contributed by atoms with van der Waals surface area (Å²) in [6, 6.07) is 4.05. The third kappa shape index (κ3) is 7.01. The van der Waals surface area contributed by atoms with Crippen LogP contribution in [0.25, 0.3) is 0 Å². The Hall–Kier alpha value is -0.740. The molecule has 0 aliphatic rings. The Morgan fingerprint density at radius 1 is 1.05 bits per heavy atom. The Labute approximate surface area is 143 Å². The van der Waals surface area contributed by atoms with Crippen LogP contribution in [-0.4, -0.2) is 20.3 Å². The molecule has 4 heteroatoms. The van der Waals surface area contributed by atoms with E-state index in [1.54, 1.807) is 7.11 Å². The number of halogens is 1. The third-order valence-electron chi connectivity index (χ3n) is 3.63. The summed E-state index contributed by atoms with van der Waals surface area (Å²) in [6.45, 7) is 6.74. The normalized spacial score (nSPS) is 10.7.